The third-order valence-corrected chi connectivity index (χ3v) is 4.33. The SMILES string of the molecule is CC1CN(CC2CCN(C(=O)[C@@H](C)N)CC2)CC(C)O1.Cl.Cl. The fourth-order valence-corrected chi connectivity index (χ4v) is 3.42. The average Bonchev–Trinajstić information content (AvgIpc) is 2.37. The average molecular weight is 356 g/mol. The highest BCUT2D eigenvalue weighted by Gasteiger charge is 2.28. The van der Waals surface area contributed by atoms with E-state index in [0.29, 0.717) is 18.1 Å². The van der Waals surface area contributed by atoms with Crippen LogP contribution in [0.2, 0.25) is 0 Å². The largest absolute Gasteiger partial charge is 0.373 e. The van der Waals surface area contributed by atoms with Crippen LogP contribution in [0, 0.1) is 5.92 Å². The first-order valence-electron chi connectivity index (χ1n) is 7.88. The Balaban J connectivity index is 0.00000220. The van der Waals surface area contributed by atoms with Crippen LogP contribution in [0.25, 0.3) is 0 Å². The lowest BCUT2D eigenvalue weighted by atomic mass is 9.95. The van der Waals surface area contributed by atoms with Gasteiger partial charge in [-0.1, -0.05) is 0 Å². The number of halogens is 2. The van der Waals surface area contributed by atoms with Gasteiger partial charge in [-0.2, -0.15) is 0 Å². The fraction of sp³-hybridized carbons (Fsp3) is 0.933. The summed E-state index contributed by atoms with van der Waals surface area (Å²) in [4.78, 5) is 16.3. The van der Waals surface area contributed by atoms with E-state index in [1.807, 2.05) is 4.90 Å². The number of amides is 1. The van der Waals surface area contributed by atoms with Crippen molar-refractivity contribution in [2.24, 2.45) is 11.7 Å². The van der Waals surface area contributed by atoms with Gasteiger partial charge in [0.15, 0.2) is 0 Å². The Hall–Kier alpha value is -0.0700. The van der Waals surface area contributed by atoms with Gasteiger partial charge in [-0.25, -0.2) is 0 Å². The fourth-order valence-electron chi connectivity index (χ4n) is 3.42. The number of piperidine rings is 1. The van der Waals surface area contributed by atoms with Crippen LogP contribution in [0.5, 0.6) is 0 Å². The number of ether oxygens (including phenoxy) is 1. The number of morpholine rings is 1. The van der Waals surface area contributed by atoms with Crippen LogP contribution in [0.3, 0.4) is 0 Å². The van der Waals surface area contributed by atoms with Gasteiger partial charge in [0.05, 0.1) is 18.2 Å². The monoisotopic (exact) mass is 355 g/mol. The molecule has 132 valence electrons. The second-order valence-electron chi connectivity index (χ2n) is 6.53. The molecule has 0 aromatic rings. The Labute approximate surface area is 146 Å². The third-order valence-electron chi connectivity index (χ3n) is 4.33. The number of likely N-dealkylation sites (tertiary alicyclic amines) is 1. The summed E-state index contributed by atoms with van der Waals surface area (Å²) in [5.41, 5.74) is 5.67. The summed E-state index contributed by atoms with van der Waals surface area (Å²) >= 11 is 0. The van der Waals surface area contributed by atoms with Gasteiger partial charge in [-0.3, -0.25) is 9.69 Å². The van der Waals surface area contributed by atoms with Gasteiger partial charge in [0.2, 0.25) is 5.91 Å². The van der Waals surface area contributed by atoms with Crippen molar-refractivity contribution in [1.82, 2.24) is 9.80 Å². The van der Waals surface area contributed by atoms with E-state index in [-0.39, 0.29) is 36.8 Å². The van der Waals surface area contributed by atoms with Crippen LogP contribution in [-0.4, -0.2) is 66.7 Å². The summed E-state index contributed by atoms with van der Waals surface area (Å²) in [6.07, 6.45) is 2.86. The van der Waals surface area contributed by atoms with E-state index in [2.05, 4.69) is 18.7 Å². The highest BCUT2D eigenvalue weighted by atomic mass is 35.5. The molecule has 3 atom stereocenters. The van der Waals surface area contributed by atoms with E-state index in [1.165, 1.54) is 0 Å². The second kappa shape index (κ2) is 9.93. The Morgan fingerprint density at radius 3 is 2.14 bits per heavy atom. The molecule has 22 heavy (non-hydrogen) atoms. The molecule has 0 aromatic carbocycles. The molecule has 2 aliphatic heterocycles. The standard InChI is InChI=1S/C15H29N3O2.2ClH/c1-11-8-17(9-12(2)20-11)10-14-4-6-18(7-5-14)15(19)13(3)16;;/h11-14H,4-10,16H2,1-3H3;2*1H/t11?,12?,13-;;/m1../s1. The van der Waals surface area contributed by atoms with Gasteiger partial charge in [0.1, 0.15) is 0 Å². The zero-order chi connectivity index (χ0) is 14.7. The van der Waals surface area contributed by atoms with Crippen LogP contribution >= 0.6 is 24.8 Å². The maximum Gasteiger partial charge on any atom is 0.239 e. The number of nitrogens with zero attached hydrogens (tertiary/aromatic N) is 2. The molecule has 0 radical (unpaired) electrons. The van der Waals surface area contributed by atoms with Crippen molar-refractivity contribution in [2.45, 2.75) is 51.9 Å². The topological polar surface area (TPSA) is 58.8 Å². The Bertz CT molecular complexity index is 327. The summed E-state index contributed by atoms with van der Waals surface area (Å²) in [5.74, 6) is 0.793. The van der Waals surface area contributed by atoms with Crippen molar-refractivity contribution in [3.63, 3.8) is 0 Å². The van der Waals surface area contributed by atoms with Crippen LogP contribution in [0.4, 0.5) is 0 Å². The predicted octanol–water partition coefficient (Wildman–Crippen LogP) is 1.52. The van der Waals surface area contributed by atoms with Crippen LogP contribution in [0.1, 0.15) is 33.6 Å². The summed E-state index contributed by atoms with van der Waals surface area (Å²) in [6, 6.07) is -0.368. The van der Waals surface area contributed by atoms with E-state index >= 15 is 0 Å². The van der Waals surface area contributed by atoms with Crippen molar-refractivity contribution in [1.29, 1.82) is 0 Å². The molecule has 0 spiro atoms. The Kier molecular flexibility index (Phi) is 9.90. The highest BCUT2D eigenvalue weighted by Crippen LogP contribution is 2.21. The van der Waals surface area contributed by atoms with Gasteiger partial charge in [-0.05, 0) is 39.5 Å². The molecule has 2 saturated heterocycles. The number of carbonyl (C=O) groups is 1. The smallest absolute Gasteiger partial charge is 0.239 e. The zero-order valence-electron chi connectivity index (χ0n) is 13.9. The van der Waals surface area contributed by atoms with E-state index in [4.69, 9.17) is 10.5 Å². The normalized spacial score (nSPS) is 28.5. The first-order chi connectivity index (χ1) is 9.45. The molecule has 2 rings (SSSR count). The van der Waals surface area contributed by atoms with E-state index < -0.39 is 0 Å². The van der Waals surface area contributed by atoms with Crippen LogP contribution in [0.15, 0.2) is 0 Å². The molecule has 2 fully saturated rings. The van der Waals surface area contributed by atoms with Gasteiger partial charge in [-0.15, -0.1) is 24.8 Å². The summed E-state index contributed by atoms with van der Waals surface area (Å²) in [6.45, 7) is 11.0. The van der Waals surface area contributed by atoms with Crippen LogP contribution in [-0.2, 0) is 9.53 Å². The third kappa shape index (κ3) is 6.20. The van der Waals surface area contributed by atoms with E-state index in [9.17, 15) is 4.79 Å². The second-order valence-corrected chi connectivity index (χ2v) is 6.53. The number of hydrogen-bond donors (Lipinski definition) is 1. The van der Waals surface area contributed by atoms with E-state index in [0.717, 1.165) is 45.6 Å². The van der Waals surface area contributed by atoms with Crippen molar-refractivity contribution >= 4 is 30.7 Å². The Morgan fingerprint density at radius 2 is 1.68 bits per heavy atom. The first-order valence-corrected chi connectivity index (χ1v) is 7.88. The van der Waals surface area contributed by atoms with Crippen molar-refractivity contribution in [3.05, 3.63) is 0 Å². The molecule has 0 aromatic heterocycles. The highest BCUT2D eigenvalue weighted by molar-refractivity contribution is 5.85. The summed E-state index contributed by atoms with van der Waals surface area (Å²) < 4.78 is 5.77. The number of rotatable bonds is 3. The molecular formula is C15H31Cl2N3O2. The number of hydrogen-bond acceptors (Lipinski definition) is 4. The molecule has 2 heterocycles. The maximum atomic E-state index is 11.9. The predicted molar refractivity (Wildman–Crippen MR) is 93.9 cm³/mol. The molecule has 7 heteroatoms. The number of nitrogens with two attached hydrogens (primary N) is 1. The van der Waals surface area contributed by atoms with Gasteiger partial charge < -0.3 is 15.4 Å². The molecule has 2 unspecified atom stereocenters. The van der Waals surface area contributed by atoms with Gasteiger partial charge in [0.25, 0.3) is 0 Å². The minimum atomic E-state index is -0.368. The Morgan fingerprint density at radius 1 is 1.18 bits per heavy atom. The molecule has 1 amide bonds. The lowest BCUT2D eigenvalue weighted by molar-refractivity contribution is -0.133. The molecule has 0 aliphatic carbocycles. The number of carbonyl (C=O) groups excluding carboxylic acids is 1. The maximum absolute atomic E-state index is 11.9. The molecule has 5 nitrogen and oxygen atoms in total. The summed E-state index contributed by atoms with van der Waals surface area (Å²) in [5, 5.41) is 0. The minimum Gasteiger partial charge on any atom is -0.373 e. The lowest BCUT2D eigenvalue weighted by Crippen LogP contribution is -2.50. The van der Waals surface area contributed by atoms with Crippen molar-refractivity contribution in [2.75, 3.05) is 32.7 Å². The molecule has 0 saturated carbocycles. The molecule has 2 N–H and O–H groups in total. The van der Waals surface area contributed by atoms with Crippen LogP contribution < -0.4 is 5.73 Å². The summed E-state index contributed by atoms with van der Waals surface area (Å²) in [7, 11) is 0. The van der Waals surface area contributed by atoms with Gasteiger partial charge >= 0.3 is 0 Å². The zero-order valence-corrected chi connectivity index (χ0v) is 15.5. The molecular weight excluding hydrogens is 325 g/mol. The quantitative estimate of drug-likeness (QED) is 0.833. The van der Waals surface area contributed by atoms with Gasteiger partial charge in [0, 0.05) is 32.7 Å². The van der Waals surface area contributed by atoms with E-state index in [1.54, 1.807) is 6.92 Å². The minimum absolute atomic E-state index is 0. The molecule has 0 bridgehead atoms. The molecule has 2 aliphatic rings. The first kappa shape index (κ1) is 21.9. The lowest BCUT2D eigenvalue weighted by Gasteiger charge is -2.39. The van der Waals surface area contributed by atoms with Crippen molar-refractivity contribution in [3.8, 4) is 0 Å². The van der Waals surface area contributed by atoms with Crippen molar-refractivity contribution < 1.29 is 9.53 Å².